The van der Waals surface area contributed by atoms with E-state index in [4.69, 9.17) is 21.3 Å². The molecule has 1 aliphatic carbocycles. The van der Waals surface area contributed by atoms with Gasteiger partial charge in [0.15, 0.2) is 0 Å². The molecule has 1 atom stereocenters. The Hall–Kier alpha value is -3.16. The topological polar surface area (TPSA) is 76.5 Å². The highest BCUT2D eigenvalue weighted by atomic mass is 35.5. The van der Waals surface area contributed by atoms with Gasteiger partial charge in [0.1, 0.15) is 6.54 Å². The lowest BCUT2D eigenvalue weighted by Crippen LogP contribution is -2.44. The molecule has 0 bridgehead atoms. The van der Waals surface area contributed by atoms with Gasteiger partial charge in [-0.25, -0.2) is 4.98 Å². The van der Waals surface area contributed by atoms with E-state index in [-0.39, 0.29) is 30.4 Å². The molecule has 1 saturated heterocycles. The molecule has 2 fully saturated rings. The Kier molecular flexibility index (Phi) is 8.15. The summed E-state index contributed by atoms with van der Waals surface area (Å²) in [6.45, 7) is 5.27. The number of halogens is 1. The Balaban J connectivity index is 1.40. The summed E-state index contributed by atoms with van der Waals surface area (Å²) in [5.74, 6) is 0.201. The maximum atomic E-state index is 13.4. The normalized spacial score (nSPS) is 17.6. The number of rotatable bonds is 8. The van der Waals surface area contributed by atoms with Gasteiger partial charge < -0.3 is 9.64 Å². The van der Waals surface area contributed by atoms with Crippen molar-refractivity contribution < 1.29 is 14.3 Å². The number of hydrogen-bond acceptors (Lipinski definition) is 4. The van der Waals surface area contributed by atoms with E-state index in [9.17, 15) is 9.59 Å². The van der Waals surface area contributed by atoms with Crippen LogP contribution >= 0.6 is 11.6 Å². The third kappa shape index (κ3) is 6.11. The standard InChI is InChI=1S/C30H35ClN4O3/c1-20-9-14-25(16-21(20)2)35-18-27(22-10-12-24(31)13-11-22)32-30(35)33-28(36)19-34(17-26-8-5-15-38-26)29(37)23-6-3-4-7-23/h9-14,16,18,23,26H,3-8,15,17,19H2,1-2H3,(H,32,33,36)/t26-/m1/s1. The predicted octanol–water partition coefficient (Wildman–Crippen LogP) is 5.95. The summed E-state index contributed by atoms with van der Waals surface area (Å²) in [6, 6.07) is 13.6. The minimum atomic E-state index is -0.271. The van der Waals surface area contributed by atoms with Gasteiger partial charge >= 0.3 is 0 Å². The molecular formula is C30H35ClN4O3. The van der Waals surface area contributed by atoms with E-state index in [0.29, 0.717) is 29.8 Å². The van der Waals surface area contributed by atoms with Crippen LogP contribution in [0.25, 0.3) is 16.9 Å². The molecule has 3 aromatic rings. The molecule has 2 amide bonds. The number of carbonyl (C=O) groups excluding carboxylic acids is 2. The van der Waals surface area contributed by atoms with Crippen molar-refractivity contribution in [3.8, 4) is 16.9 Å². The summed E-state index contributed by atoms with van der Waals surface area (Å²) in [4.78, 5) is 33.2. The first-order chi connectivity index (χ1) is 18.4. The van der Waals surface area contributed by atoms with E-state index >= 15 is 0 Å². The van der Waals surface area contributed by atoms with Crippen molar-refractivity contribution in [1.82, 2.24) is 14.5 Å². The predicted molar refractivity (Wildman–Crippen MR) is 150 cm³/mol. The van der Waals surface area contributed by atoms with E-state index in [2.05, 4.69) is 31.3 Å². The van der Waals surface area contributed by atoms with Gasteiger partial charge in [-0.05, 0) is 74.9 Å². The van der Waals surface area contributed by atoms with Crippen LogP contribution in [0.1, 0.15) is 49.7 Å². The van der Waals surface area contributed by atoms with Crippen LogP contribution in [-0.2, 0) is 14.3 Å². The maximum Gasteiger partial charge on any atom is 0.246 e. The lowest BCUT2D eigenvalue weighted by molar-refractivity contribution is -0.139. The molecule has 8 heteroatoms. The number of ether oxygens (including phenoxy) is 1. The summed E-state index contributed by atoms with van der Waals surface area (Å²) < 4.78 is 7.69. The van der Waals surface area contributed by atoms with Gasteiger partial charge in [-0.15, -0.1) is 0 Å². The molecular weight excluding hydrogens is 500 g/mol. The molecule has 1 saturated carbocycles. The van der Waals surface area contributed by atoms with E-state index in [1.165, 1.54) is 5.56 Å². The van der Waals surface area contributed by atoms with E-state index in [1.807, 2.05) is 41.1 Å². The fraction of sp³-hybridized carbons (Fsp3) is 0.433. The van der Waals surface area contributed by atoms with Crippen molar-refractivity contribution in [3.63, 3.8) is 0 Å². The second-order valence-corrected chi connectivity index (χ2v) is 10.9. The molecule has 200 valence electrons. The number of amides is 2. The minimum Gasteiger partial charge on any atom is -0.376 e. The van der Waals surface area contributed by atoms with Gasteiger partial charge in [0, 0.05) is 41.5 Å². The maximum absolute atomic E-state index is 13.4. The molecule has 2 heterocycles. The molecule has 2 aliphatic rings. The first kappa shape index (κ1) is 26.4. The van der Waals surface area contributed by atoms with Crippen LogP contribution in [-0.4, -0.2) is 52.1 Å². The summed E-state index contributed by atoms with van der Waals surface area (Å²) in [7, 11) is 0. The summed E-state index contributed by atoms with van der Waals surface area (Å²) in [5.41, 5.74) is 4.84. The molecule has 0 spiro atoms. The van der Waals surface area contributed by atoms with E-state index < -0.39 is 0 Å². The lowest BCUT2D eigenvalue weighted by atomic mass is 10.1. The van der Waals surface area contributed by atoms with Gasteiger partial charge in [-0.3, -0.25) is 19.5 Å². The third-order valence-electron chi connectivity index (χ3n) is 7.66. The molecule has 5 rings (SSSR count). The highest BCUT2D eigenvalue weighted by Crippen LogP contribution is 2.29. The average molecular weight is 535 g/mol. The number of anilines is 1. The van der Waals surface area contributed by atoms with Crippen molar-refractivity contribution in [2.45, 2.75) is 58.5 Å². The molecule has 1 aliphatic heterocycles. The Bertz CT molecular complexity index is 1290. The summed E-state index contributed by atoms with van der Waals surface area (Å²) >= 11 is 6.09. The van der Waals surface area contributed by atoms with Crippen molar-refractivity contribution in [2.75, 3.05) is 25.0 Å². The molecule has 2 aromatic carbocycles. The van der Waals surface area contributed by atoms with Gasteiger partial charge in [0.2, 0.25) is 17.8 Å². The molecule has 7 nitrogen and oxygen atoms in total. The van der Waals surface area contributed by atoms with Crippen molar-refractivity contribution in [3.05, 3.63) is 64.8 Å². The number of aryl methyl sites for hydroxylation is 2. The number of aromatic nitrogens is 2. The largest absolute Gasteiger partial charge is 0.376 e. The fourth-order valence-corrected chi connectivity index (χ4v) is 5.46. The van der Waals surface area contributed by atoms with E-state index in [1.54, 1.807) is 4.90 Å². The third-order valence-corrected chi connectivity index (χ3v) is 7.92. The SMILES string of the molecule is Cc1ccc(-n2cc(-c3ccc(Cl)cc3)nc2NC(=O)CN(C[C@H]2CCCO2)C(=O)C2CCCC2)cc1C. The quantitative estimate of drug-likeness (QED) is 0.387. The number of benzene rings is 2. The van der Waals surface area contributed by atoms with Crippen molar-refractivity contribution in [2.24, 2.45) is 5.92 Å². The second-order valence-electron chi connectivity index (χ2n) is 10.5. The Labute approximate surface area is 229 Å². The van der Waals surface area contributed by atoms with Crippen LogP contribution < -0.4 is 5.32 Å². The van der Waals surface area contributed by atoms with Crippen LogP contribution in [0.15, 0.2) is 48.7 Å². The van der Waals surface area contributed by atoms with Crippen molar-refractivity contribution in [1.29, 1.82) is 0 Å². The monoisotopic (exact) mass is 534 g/mol. The zero-order chi connectivity index (χ0) is 26.6. The molecule has 0 unspecified atom stereocenters. The first-order valence-corrected chi connectivity index (χ1v) is 13.9. The highest BCUT2D eigenvalue weighted by molar-refractivity contribution is 6.30. The smallest absolute Gasteiger partial charge is 0.246 e. The van der Waals surface area contributed by atoms with Crippen LogP contribution in [0.4, 0.5) is 5.95 Å². The highest BCUT2D eigenvalue weighted by Gasteiger charge is 2.31. The minimum absolute atomic E-state index is 0.00164. The van der Waals surface area contributed by atoms with Crippen LogP contribution in [0.5, 0.6) is 0 Å². The number of nitrogens with one attached hydrogen (secondary N) is 1. The Morgan fingerprint density at radius 1 is 1.05 bits per heavy atom. The number of imidazole rings is 1. The van der Waals surface area contributed by atoms with Gasteiger partial charge in [-0.2, -0.15) is 0 Å². The van der Waals surface area contributed by atoms with Gasteiger partial charge in [0.05, 0.1) is 11.8 Å². The summed E-state index contributed by atoms with van der Waals surface area (Å²) in [6.07, 6.45) is 7.72. The van der Waals surface area contributed by atoms with Gasteiger partial charge in [0.25, 0.3) is 0 Å². The molecule has 38 heavy (non-hydrogen) atoms. The number of carbonyl (C=O) groups is 2. The summed E-state index contributed by atoms with van der Waals surface area (Å²) in [5, 5.41) is 3.64. The molecule has 1 N–H and O–H groups in total. The lowest BCUT2D eigenvalue weighted by Gasteiger charge is -2.27. The van der Waals surface area contributed by atoms with Crippen LogP contribution in [0, 0.1) is 19.8 Å². The average Bonchev–Trinajstić information content (AvgIpc) is 3.68. The van der Waals surface area contributed by atoms with Crippen molar-refractivity contribution >= 4 is 29.4 Å². The zero-order valence-electron chi connectivity index (χ0n) is 22.1. The Morgan fingerprint density at radius 3 is 2.50 bits per heavy atom. The van der Waals surface area contributed by atoms with E-state index in [0.717, 1.165) is 55.3 Å². The second kappa shape index (κ2) is 11.7. The Morgan fingerprint density at radius 2 is 1.82 bits per heavy atom. The fourth-order valence-electron chi connectivity index (χ4n) is 5.34. The number of nitrogens with zero attached hydrogens (tertiary/aromatic N) is 3. The van der Waals surface area contributed by atoms with Gasteiger partial charge in [-0.1, -0.05) is 42.6 Å². The van der Waals surface area contributed by atoms with Crippen LogP contribution in [0.3, 0.4) is 0 Å². The zero-order valence-corrected chi connectivity index (χ0v) is 22.8. The molecule has 1 aromatic heterocycles. The number of hydrogen-bond donors (Lipinski definition) is 1. The first-order valence-electron chi connectivity index (χ1n) is 13.5. The van der Waals surface area contributed by atoms with Crippen LogP contribution in [0.2, 0.25) is 5.02 Å². The molecule has 0 radical (unpaired) electrons.